The Kier molecular flexibility index (Phi) is 4.39. The normalized spacial score (nSPS) is 12.1. The average Bonchev–Trinajstić information content (AvgIpc) is 2.73. The van der Waals surface area contributed by atoms with E-state index in [0.717, 1.165) is 16.9 Å². The second kappa shape index (κ2) is 5.57. The van der Waals surface area contributed by atoms with Crippen molar-refractivity contribution in [3.63, 3.8) is 0 Å². The summed E-state index contributed by atoms with van der Waals surface area (Å²) in [5, 5.41) is 15.1. The first kappa shape index (κ1) is 12.6. The molecule has 7 heteroatoms. The van der Waals surface area contributed by atoms with Gasteiger partial charge < -0.3 is 10.1 Å². The van der Waals surface area contributed by atoms with Crippen LogP contribution in [0.1, 0.15) is 12.5 Å². The lowest BCUT2D eigenvalue weighted by atomic mass is 10.3. The van der Waals surface area contributed by atoms with E-state index in [-0.39, 0.29) is 11.0 Å². The first-order valence-corrected chi connectivity index (χ1v) is 5.45. The molecule has 0 aromatic carbocycles. The molecule has 0 aliphatic carbocycles. The standard InChI is InChI=1S/C9H12N2O4S/c1-6(9(12)15-2)10-4-7-3-8(11(13)14)16-5-7/h3,5-6,10H,4H2,1-2H3. The van der Waals surface area contributed by atoms with Crippen LogP contribution >= 0.6 is 11.3 Å². The molecule has 0 radical (unpaired) electrons. The fourth-order valence-corrected chi connectivity index (χ4v) is 1.81. The highest BCUT2D eigenvalue weighted by molar-refractivity contribution is 7.13. The van der Waals surface area contributed by atoms with Crippen LogP contribution in [-0.4, -0.2) is 24.0 Å². The predicted octanol–water partition coefficient (Wildman–Crippen LogP) is 1.31. The van der Waals surface area contributed by atoms with Crippen molar-refractivity contribution in [3.05, 3.63) is 27.1 Å². The van der Waals surface area contributed by atoms with Crippen LogP contribution in [0.25, 0.3) is 0 Å². The van der Waals surface area contributed by atoms with Crippen LogP contribution in [0.15, 0.2) is 11.4 Å². The third-order valence-corrected chi connectivity index (χ3v) is 2.92. The topological polar surface area (TPSA) is 81.5 Å². The molecule has 0 saturated carbocycles. The lowest BCUT2D eigenvalue weighted by Gasteiger charge is -2.09. The largest absolute Gasteiger partial charge is 0.468 e. The predicted molar refractivity (Wildman–Crippen MR) is 59.3 cm³/mol. The van der Waals surface area contributed by atoms with E-state index in [0.29, 0.717) is 6.54 Å². The van der Waals surface area contributed by atoms with Crippen molar-refractivity contribution in [3.8, 4) is 0 Å². The van der Waals surface area contributed by atoms with Gasteiger partial charge in [-0.3, -0.25) is 14.9 Å². The highest BCUT2D eigenvalue weighted by atomic mass is 32.1. The van der Waals surface area contributed by atoms with Crippen LogP contribution in [0.4, 0.5) is 5.00 Å². The SMILES string of the molecule is COC(=O)C(C)NCc1csc([N+](=O)[O-])c1. The van der Waals surface area contributed by atoms with Gasteiger partial charge in [0.1, 0.15) is 6.04 Å². The number of hydrogen-bond acceptors (Lipinski definition) is 6. The van der Waals surface area contributed by atoms with Gasteiger partial charge in [0.25, 0.3) is 0 Å². The van der Waals surface area contributed by atoms with E-state index in [2.05, 4.69) is 10.1 Å². The lowest BCUT2D eigenvalue weighted by molar-refractivity contribution is -0.380. The van der Waals surface area contributed by atoms with Crippen molar-refractivity contribution >= 4 is 22.3 Å². The number of nitrogens with one attached hydrogen (secondary N) is 1. The minimum Gasteiger partial charge on any atom is -0.468 e. The molecule has 1 atom stereocenters. The van der Waals surface area contributed by atoms with Crippen molar-refractivity contribution in [2.24, 2.45) is 0 Å². The van der Waals surface area contributed by atoms with E-state index < -0.39 is 11.0 Å². The fourth-order valence-electron chi connectivity index (χ4n) is 1.08. The van der Waals surface area contributed by atoms with Gasteiger partial charge in [0, 0.05) is 18.0 Å². The van der Waals surface area contributed by atoms with Crippen LogP contribution in [0.5, 0.6) is 0 Å². The summed E-state index contributed by atoms with van der Waals surface area (Å²) in [6.07, 6.45) is 0. The van der Waals surface area contributed by atoms with Gasteiger partial charge in [-0.05, 0) is 12.5 Å². The summed E-state index contributed by atoms with van der Waals surface area (Å²) in [4.78, 5) is 21.1. The third kappa shape index (κ3) is 3.28. The van der Waals surface area contributed by atoms with E-state index in [4.69, 9.17) is 0 Å². The maximum absolute atomic E-state index is 11.1. The summed E-state index contributed by atoms with van der Waals surface area (Å²) in [6, 6.07) is 1.06. The first-order chi connectivity index (χ1) is 7.54. The monoisotopic (exact) mass is 244 g/mol. The van der Waals surface area contributed by atoms with Gasteiger partial charge in [-0.2, -0.15) is 0 Å². The second-order valence-corrected chi connectivity index (χ2v) is 4.07. The van der Waals surface area contributed by atoms with Crippen molar-refractivity contribution in [2.75, 3.05) is 7.11 Å². The molecule has 88 valence electrons. The lowest BCUT2D eigenvalue weighted by Crippen LogP contribution is -2.34. The Morgan fingerprint density at radius 3 is 2.94 bits per heavy atom. The van der Waals surface area contributed by atoms with Crippen LogP contribution < -0.4 is 5.32 Å². The fraction of sp³-hybridized carbons (Fsp3) is 0.444. The second-order valence-electron chi connectivity index (χ2n) is 3.18. The van der Waals surface area contributed by atoms with Crippen LogP contribution in [-0.2, 0) is 16.1 Å². The minimum atomic E-state index is -0.433. The molecule has 1 aromatic rings. The molecule has 0 spiro atoms. The summed E-state index contributed by atoms with van der Waals surface area (Å²) in [5.41, 5.74) is 0.785. The molecule has 0 amide bonds. The van der Waals surface area contributed by atoms with Gasteiger partial charge in [-0.15, -0.1) is 0 Å². The molecule has 1 rings (SSSR count). The Hall–Kier alpha value is -1.47. The van der Waals surface area contributed by atoms with Crippen LogP contribution in [0.3, 0.4) is 0 Å². The molecule has 6 nitrogen and oxygen atoms in total. The highest BCUT2D eigenvalue weighted by Crippen LogP contribution is 2.22. The van der Waals surface area contributed by atoms with Crippen molar-refractivity contribution in [2.45, 2.75) is 19.5 Å². The Morgan fingerprint density at radius 1 is 1.75 bits per heavy atom. The molecule has 1 N–H and O–H groups in total. The van der Waals surface area contributed by atoms with Crippen molar-refractivity contribution in [1.82, 2.24) is 5.32 Å². The summed E-state index contributed by atoms with van der Waals surface area (Å²) in [7, 11) is 1.32. The number of nitrogens with zero attached hydrogens (tertiary/aromatic N) is 1. The van der Waals surface area contributed by atoms with Gasteiger partial charge in [-0.25, -0.2) is 0 Å². The smallest absolute Gasteiger partial charge is 0.324 e. The first-order valence-electron chi connectivity index (χ1n) is 4.57. The zero-order valence-electron chi connectivity index (χ0n) is 8.93. The van der Waals surface area contributed by atoms with E-state index in [1.807, 2.05) is 0 Å². The third-order valence-electron chi connectivity index (χ3n) is 1.99. The Labute approximate surface area is 96.4 Å². The van der Waals surface area contributed by atoms with E-state index in [1.165, 1.54) is 13.2 Å². The van der Waals surface area contributed by atoms with Gasteiger partial charge in [-0.1, -0.05) is 11.3 Å². The molecular weight excluding hydrogens is 232 g/mol. The van der Waals surface area contributed by atoms with Crippen molar-refractivity contribution in [1.29, 1.82) is 0 Å². The average molecular weight is 244 g/mol. The zero-order chi connectivity index (χ0) is 12.1. The molecule has 0 aliphatic rings. The van der Waals surface area contributed by atoms with Crippen molar-refractivity contribution < 1.29 is 14.5 Å². The quantitative estimate of drug-likeness (QED) is 0.479. The Morgan fingerprint density at radius 2 is 2.44 bits per heavy atom. The number of carbonyl (C=O) groups is 1. The van der Waals surface area contributed by atoms with Gasteiger partial charge in [0.15, 0.2) is 0 Å². The molecule has 16 heavy (non-hydrogen) atoms. The molecule has 0 bridgehead atoms. The van der Waals surface area contributed by atoms with Crippen LogP contribution in [0.2, 0.25) is 0 Å². The molecular formula is C9H12N2O4S. The maximum Gasteiger partial charge on any atom is 0.324 e. The molecule has 1 heterocycles. The molecule has 0 saturated heterocycles. The van der Waals surface area contributed by atoms with E-state index in [1.54, 1.807) is 12.3 Å². The van der Waals surface area contributed by atoms with Gasteiger partial charge in [0.2, 0.25) is 0 Å². The Balaban J connectivity index is 2.48. The number of ether oxygens (including phenoxy) is 1. The molecule has 0 aliphatic heterocycles. The van der Waals surface area contributed by atoms with E-state index >= 15 is 0 Å². The van der Waals surface area contributed by atoms with E-state index in [9.17, 15) is 14.9 Å². The number of rotatable bonds is 5. The van der Waals surface area contributed by atoms with Crippen LogP contribution in [0, 0.1) is 10.1 Å². The van der Waals surface area contributed by atoms with Gasteiger partial charge in [0.05, 0.1) is 12.0 Å². The summed E-state index contributed by atoms with van der Waals surface area (Å²) >= 11 is 1.07. The number of methoxy groups -OCH3 is 1. The summed E-state index contributed by atoms with van der Waals surface area (Å²) in [5.74, 6) is -0.357. The number of thiophene rings is 1. The zero-order valence-corrected chi connectivity index (χ0v) is 9.74. The maximum atomic E-state index is 11.1. The number of esters is 1. The summed E-state index contributed by atoms with van der Waals surface area (Å²) < 4.78 is 4.54. The summed E-state index contributed by atoms with van der Waals surface area (Å²) in [6.45, 7) is 2.08. The highest BCUT2D eigenvalue weighted by Gasteiger charge is 2.14. The number of carbonyl (C=O) groups excluding carboxylic acids is 1. The molecule has 1 unspecified atom stereocenters. The molecule has 0 fully saturated rings. The number of hydrogen-bond donors (Lipinski definition) is 1. The molecule has 1 aromatic heterocycles. The number of nitro groups is 1. The minimum absolute atomic E-state index is 0.0996. The van der Waals surface area contributed by atoms with Gasteiger partial charge >= 0.3 is 11.0 Å². The Bertz CT molecular complexity index is 391.